The predicted molar refractivity (Wildman–Crippen MR) is 100 cm³/mol. The Morgan fingerprint density at radius 2 is 1.96 bits per heavy atom. The summed E-state index contributed by atoms with van der Waals surface area (Å²) in [6.07, 6.45) is 0.106. The van der Waals surface area contributed by atoms with E-state index in [1.54, 1.807) is 11.9 Å². The molecule has 9 nitrogen and oxygen atoms in total. The molecule has 0 aromatic rings. The minimum absolute atomic E-state index is 0.0871. The largest absolute Gasteiger partial charge is 0.349 e. The molecule has 2 fully saturated rings. The molecular formula is C17H29FN4O5S. The molecule has 0 aromatic carbocycles. The van der Waals surface area contributed by atoms with E-state index in [-0.39, 0.29) is 30.5 Å². The SMILES string of the molecule is CCS(=O)(=O)NCC(=O)NC1CCCN(C(=O)C2CCN(C)C(=O)C2)CC1F. The van der Waals surface area contributed by atoms with E-state index in [0.717, 1.165) is 0 Å². The number of hydrogen-bond donors (Lipinski definition) is 2. The van der Waals surface area contributed by atoms with Gasteiger partial charge in [-0.25, -0.2) is 17.5 Å². The van der Waals surface area contributed by atoms with Crippen molar-refractivity contribution < 1.29 is 27.2 Å². The molecule has 2 N–H and O–H groups in total. The molecule has 2 saturated heterocycles. The molecule has 0 bridgehead atoms. The zero-order valence-corrected chi connectivity index (χ0v) is 17.1. The fraction of sp³-hybridized carbons (Fsp3) is 0.824. The first-order valence-electron chi connectivity index (χ1n) is 9.56. The lowest BCUT2D eigenvalue weighted by molar-refractivity contribution is -0.144. The van der Waals surface area contributed by atoms with E-state index in [1.807, 2.05) is 0 Å². The molecule has 3 amide bonds. The van der Waals surface area contributed by atoms with Crippen molar-refractivity contribution in [1.82, 2.24) is 19.8 Å². The van der Waals surface area contributed by atoms with Gasteiger partial charge >= 0.3 is 0 Å². The average Bonchev–Trinajstić information content (AvgIpc) is 2.83. The second-order valence-electron chi connectivity index (χ2n) is 7.35. The first-order chi connectivity index (χ1) is 13.1. The normalized spacial score (nSPS) is 26.7. The monoisotopic (exact) mass is 420 g/mol. The fourth-order valence-electron chi connectivity index (χ4n) is 3.42. The van der Waals surface area contributed by atoms with Gasteiger partial charge in [0.1, 0.15) is 6.17 Å². The Morgan fingerprint density at radius 1 is 1.25 bits per heavy atom. The zero-order chi connectivity index (χ0) is 20.9. The number of likely N-dealkylation sites (tertiary alicyclic amines) is 2. The molecule has 0 aliphatic carbocycles. The summed E-state index contributed by atoms with van der Waals surface area (Å²) < 4.78 is 39.6. The number of alkyl halides is 1. The van der Waals surface area contributed by atoms with Gasteiger partial charge < -0.3 is 15.1 Å². The summed E-state index contributed by atoms with van der Waals surface area (Å²) in [6.45, 7) is 1.74. The van der Waals surface area contributed by atoms with Crippen LogP contribution in [0.2, 0.25) is 0 Å². The summed E-state index contributed by atoms with van der Waals surface area (Å²) in [5.41, 5.74) is 0. The van der Waals surface area contributed by atoms with Crippen LogP contribution in [0.15, 0.2) is 0 Å². The molecule has 0 aromatic heterocycles. The van der Waals surface area contributed by atoms with E-state index >= 15 is 0 Å². The van der Waals surface area contributed by atoms with E-state index < -0.39 is 40.6 Å². The molecule has 2 aliphatic heterocycles. The van der Waals surface area contributed by atoms with Crippen LogP contribution in [0.25, 0.3) is 0 Å². The fourth-order valence-corrected chi connectivity index (χ4v) is 3.98. The van der Waals surface area contributed by atoms with Gasteiger partial charge in [0.25, 0.3) is 0 Å². The maximum absolute atomic E-state index is 14.7. The highest BCUT2D eigenvalue weighted by molar-refractivity contribution is 7.89. The summed E-state index contributed by atoms with van der Waals surface area (Å²) in [6, 6.07) is -0.782. The van der Waals surface area contributed by atoms with Gasteiger partial charge in [-0.2, -0.15) is 0 Å². The Labute approximate surface area is 165 Å². The minimum atomic E-state index is -3.51. The molecule has 160 valence electrons. The van der Waals surface area contributed by atoms with E-state index in [9.17, 15) is 27.2 Å². The first-order valence-corrected chi connectivity index (χ1v) is 11.2. The van der Waals surface area contributed by atoms with Crippen LogP contribution in [-0.4, -0.2) is 87.1 Å². The van der Waals surface area contributed by atoms with Crippen LogP contribution < -0.4 is 10.0 Å². The van der Waals surface area contributed by atoms with Gasteiger partial charge in [-0.1, -0.05) is 0 Å². The minimum Gasteiger partial charge on any atom is -0.349 e. The van der Waals surface area contributed by atoms with Crippen LogP contribution in [0, 0.1) is 5.92 Å². The van der Waals surface area contributed by atoms with Crippen LogP contribution in [0.1, 0.15) is 32.6 Å². The quantitative estimate of drug-likeness (QED) is 0.586. The molecule has 3 unspecified atom stereocenters. The number of sulfonamides is 1. The second-order valence-corrected chi connectivity index (χ2v) is 9.44. The highest BCUT2D eigenvalue weighted by Crippen LogP contribution is 2.23. The molecule has 0 radical (unpaired) electrons. The molecule has 3 atom stereocenters. The number of piperidine rings is 1. The van der Waals surface area contributed by atoms with E-state index in [1.165, 1.54) is 11.8 Å². The maximum atomic E-state index is 14.7. The van der Waals surface area contributed by atoms with Gasteiger partial charge in [0.05, 0.1) is 24.9 Å². The lowest BCUT2D eigenvalue weighted by Crippen LogP contribution is -2.49. The molecule has 0 spiro atoms. The van der Waals surface area contributed by atoms with Crippen LogP contribution in [0.4, 0.5) is 4.39 Å². The second kappa shape index (κ2) is 9.64. The van der Waals surface area contributed by atoms with Crippen molar-refractivity contribution in [2.45, 2.75) is 44.8 Å². The van der Waals surface area contributed by atoms with Crippen molar-refractivity contribution in [1.29, 1.82) is 0 Å². The smallest absolute Gasteiger partial charge is 0.235 e. The summed E-state index contributed by atoms with van der Waals surface area (Å²) >= 11 is 0. The number of halogens is 1. The number of rotatable bonds is 6. The predicted octanol–water partition coefficient (Wildman–Crippen LogP) is -0.761. The number of carbonyl (C=O) groups is 3. The number of hydrogen-bond acceptors (Lipinski definition) is 5. The molecule has 28 heavy (non-hydrogen) atoms. The van der Waals surface area contributed by atoms with Gasteiger partial charge in [-0.05, 0) is 26.2 Å². The van der Waals surface area contributed by atoms with Crippen molar-refractivity contribution in [3.8, 4) is 0 Å². The Kier molecular flexibility index (Phi) is 7.76. The summed E-state index contributed by atoms with van der Waals surface area (Å²) in [4.78, 5) is 39.5. The number of carbonyl (C=O) groups excluding carboxylic acids is 3. The van der Waals surface area contributed by atoms with Crippen LogP contribution in [0.5, 0.6) is 0 Å². The third kappa shape index (κ3) is 6.13. The van der Waals surface area contributed by atoms with Crippen molar-refractivity contribution in [2.75, 3.05) is 39.0 Å². The van der Waals surface area contributed by atoms with Gasteiger partial charge in [0.2, 0.25) is 27.7 Å². The topological polar surface area (TPSA) is 116 Å². The van der Waals surface area contributed by atoms with Crippen molar-refractivity contribution >= 4 is 27.7 Å². The number of nitrogens with zero attached hydrogens (tertiary/aromatic N) is 2. The summed E-state index contributed by atoms with van der Waals surface area (Å²) in [7, 11) is -1.81. The third-order valence-corrected chi connectivity index (χ3v) is 6.62. The van der Waals surface area contributed by atoms with Crippen molar-refractivity contribution in [3.05, 3.63) is 0 Å². The van der Waals surface area contributed by atoms with Crippen molar-refractivity contribution in [3.63, 3.8) is 0 Å². The Morgan fingerprint density at radius 3 is 2.61 bits per heavy atom. The standard InChI is InChI=1S/C17H29FN4O5S/c1-3-28(26,27)19-10-15(23)20-14-5-4-7-22(11-13(14)18)17(25)12-6-8-21(2)16(24)9-12/h12-14,19H,3-11H2,1-2H3,(H,20,23). The molecule has 2 heterocycles. The van der Waals surface area contributed by atoms with E-state index in [4.69, 9.17) is 0 Å². The summed E-state index contributed by atoms with van der Waals surface area (Å²) in [5, 5.41) is 2.52. The molecule has 0 saturated carbocycles. The maximum Gasteiger partial charge on any atom is 0.235 e. The Balaban J connectivity index is 1.88. The average molecular weight is 421 g/mol. The van der Waals surface area contributed by atoms with E-state index in [2.05, 4.69) is 10.0 Å². The van der Waals surface area contributed by atoms with Crippen LogP contribution >= 0.6 is 0 Å². The lowest BCUT2D eigenvalue weighted by Gasteiger charge is -2.32. The van der Waals surface area contributed by atoms with Gasteiger partial charge in [-0.3, -0.25) is 14.4 Å². The van der Waals surface area contributed by atoms with Crippen molar-refractivity contribution in [2.24, 2.45) is 5.92 Å². The van der Waals surface area contributed by atoms with Gasteiger partial charge in [0, 0.05) is 32.5 Å². The van der Waals surface area contributed by atoms with Crippen LogP contribution in [0.3, 0.4) is 0 Å². The number of amides is 3. The zero-order valence-electron chi connectivity index (χ0n) is 16.3. The Hall–Kier alpha value is -1.75. The van der Waals surface area contributed by atoms with Crippen LogP contribution in [-0.2, 0) is 24.4 Å². The highest BCUT2D eigenvalue weighted by Gasteiger charge is 2.35. The van der Waals surface area contributed by atoms with E-state index in [0.29, 0.717) is 32.4 Å². The Bertz CT molecular complexity index is 702. The number of nitrogens with one attached hydrogen (secondary N) is 2. The summed E-state index contributed by atoms with van der Waals surface area (Å²) in [5.74, 6) is -1.48. The molecule has 11 heteroatoms. The van der Waals surface area contributed by atoms with Gasteiger partial charge in [0.15, 0.2) is 0 Å². The molecule has 2 rings (SSSR count). The first kappa shape index (κ1) is 22.5. The third-order valence-electron chi connectivity index (χ3n) is 5.27. The highest BCUT2D eigenvalue weighted by atomic mass is 32.2. The van der Waals surface area contributed by atoms with Gasteiger partial charge in [-0.15, -0.1) is 0 Å². The lowest BCUT2D eigenvalue weighted by atomic mass is 9.95. The molecule has 2 aliphatic rings. The molecular weight excluding hydrogens is 391 g/mol.